The van der Waals surface area contributed by atoms with E-state index in [-0.39, 0.29) is 22.1 Å². The van der Waals surface area contributed by atoms with E-state index in [4.69, 9.17) is 4.74 Å². The predicted octanol–water partition coefficient (Wildman–Crippen LogP) is 6.71. The molecular formula is C25H13F5O2. The third kappa shape index (κ3) is 4.40. The van der Waals surface area contributed by atoms with Gasteiger partial charge in [-0.15, -0.1) is 0 Å². The lowest BCUT2D eigenvalue weighted by molar-refractivity contribution is -0.0696. The smallest absolute Gasteiger partial charge is 0.423 e. The number of fused-ring (bicyclic) bond motifs is 2. The quantitative estimate of drug-likeness (QED) is 0.150. The van der Waals surface area contributed by atoms with Crippen LogP contribution in [0.5, 0.6) is 5.75 Å². The van der Waals surface area contributed by atoms with Crippen LogP contribution < -0.4 is 4.74 Å². The number of hydrogen-bond donors (Lipinski definition) is 0. The molecule has 4 rings (SSSR count). The number of rotatable bonds is 2. The maximum atomic E-state index is 14.5. The number of ether oxygens (including phenoxy) is 1. The minimum atomic E-state index is -4.88. The van der Waals surface area contributed by atoms with Crippen molar-refractivity contribution < 1.29 is 31.5 Å². The summed E-state index contributed by atoms with van der Waals surface area (Å²) in [6, 6.07) is 15.4. The second kappa shape index (κ2) is 7.97. The van der Waals surface area contributed by atoms with Gasteiger partial charge in [0, 0.05) is 11.3 Å². The Balaban J connectivity index is 1.64. The largest absolute Gasteiger partial charge is 0.458 e. The van der Waals surface area contributed by atoms with E-state index in [1.54, 1.807) is 18.2 Å². The van der Waals surface area contributed by atoms with Gasteiger partial charge in [0.05, 0.1) is 11.1 Å². The highest BCUT2D eigenvalue weighted by molar-refractivity contribution is 5.97. The summed E-state index contributed by atoms with van der Waals surface area (Å²) in [5.74, 6) is -0.766. The van der Waals surface area contributed by atoms with Crippen LogP contribution in [-0.4, -0.2) is 12.1 Å². The molecule has 0 atom stereocenters. The number of carbonyl (C=O) groups is 1. The van der Waals surface area contributed by atoms with Crippen LogP contribution in [0.15, 0.2) is 60.7 Å². The third-order valence-corrected chi connectivity index (χ3v) is 4.77. The molecule has 0 unspecified atom stereocenters. The Hall–Kier alpha value is -3.92. The average molecular weight is 440 g/mol. The molecule has 0 aromatic heterocycles. The second-order valence-corrected chi connectivity index (χ2v) is 7.13. The van der Waals surface area contributed by atoms with Gasteiger partial charge in [0.2, 0.25) is 0 Å². The molecule has 160 valence electrons. The fourth-order valence-corrected chi connectivity index (χ4v) is 3.28. The fourth-order valence-electron chi connectivity index (χ4n) is 3.28. The lowest BCUT2D eigenvalue weighted by Gasteiger charge is -2.09. The molecule has 0 spiro atoms. The Bertz CT molecular complexity index is 1440. The van der Waals surface area contributed by atoms with E-state index in [9.17, 15) is 26.7 Å². The molecule has 0 fully saturated rings. The molecule has 0 radical (unpaired) electrons. The van der Waals surface area contributed by atoms with E-state index in [2.05, 4.69) is 0 Å². The Labute approximate surface area is 179 Å². The maximum absolute atomic E-state index is 14.5. The summed E-state index contributed by atoms with van der Waals surface area (Å²) in [7, 11) is 0. The molecule has 0 aliphatic heterocycles. The highest BCUT2D eigenvalue weighted by atomic mass is 19.4. The molecule has 7 heteroatoms. The first kappa shape index (κ1) is 21.3. The van der Waals surface area contributed by atoms with Gasteiger partial charge in [0.25, 0.3) is 0 Å². The summed E-state index contributed by atoms with van der Waals surface area (Å²) in [6.45, 7) is 1.96. The van der Waals surface area contributed by atoms with Crippen LogP contribution in [0.3, 0.4) is 0 Å². The maximum Gasteiger partial charge on any atom is 0.458 e. The molecule has 0 heterocycles. The normalized spacial score (nSPS) is 11.3. The van der Waals surface area contributed by atoms with Crippen molar-refractivity contribution in [3.63, 3.8) is 0 Å². The Kier molecular flexibility index (Phi) is 5.31. The molecule has 0 saturated carbocycles. The Morgan fingerprint density at radius 1 is 0.875 bits per heavy atom. The average Bonchev–Trinajstić information content (AvgIpc) is 2.72. The molecule has 0 bridgehead atoms. The van der Waals surface area contributed by atoms with Crippen molar-refractivity contribution in [1.29, 1.82) is 0 Å². The van der Waals surface area contributed by atoms with Crippen LogP contribution in [0, 0.1) is 30.4 Å². The zero-order valence-corrected chi connectivity index (χ0v) is 16.5. The lowest BCUT2D eigenvalue weighted by atomic mass is 10.0. The predicted molar refractivity (Wildman–Crippen MR) is 110 cm³/mol. The molecule has 0 amide bonds. The zero-order chi connectivity index (χ0) is 23.0. The van der Waals surface area contributed by atoms with Crippen molar-refractivity contribution in [2.75, 3.05) is 0 Å². The molecule has 0 aliphatic rings. The number of alkyl halides is 3. The van der Waals surface area contributed by atoms with Gasteiger partial charge in [-0.25, -0.2) is 13.6 Å². The summed E-state index contributed by atoms with van der Waals surface area (Å²) >= 11 is 0. The third-order valence-electron chi connectivity index (χ3n) is 4.77. The Morgan fingerprint density at radius 2 is 1.59 bits per heavy atom. The summed E-state index contributed by atoms with van der Waals surface area (Å²) in [5.41, 5.74) is 0.388. The monoisotopic (exact) mass is 440 g/mol. The van der Waals surface area contributed by atoms with Crippen LogP contribution in [-0.2, 0) is 0 Å². The standard InChI is InChI=1S/C25H13F5O2/c1-14-2-3-16-11-17(5-4-15(16)10-14)24(31)32-19-6-7-20-18(12-19)13-22(26)21(23(20)27)8-9-25(28,29)30/h2-7,10-13H,1H3. The Morgan fingerprint density at radius 3 is 2.34 bits per heavy atom. The van der Waals surface area contributed by atoms with Crippen LogP contribution in [0.25, 0.3) is 21.5 Å². The number of benzene rings is 4. The van der Waals surface area contributed by atoms with Crippen molar-refractivity contribution >= 4 is 27.5 Å². The van der Waals surface area contributed by atoms with Crippen molar-refractivity contribution in [2.24, 2.45) is 0 Å². The van der Waals surface area contributed by atoms with Crippen LogP contribution >= 0.6 is 0 Å². The van der Waals surface area contributed by atoms with Gasteiger partial charge in [0.1, 0.15) is 17.4 Å². The van der Waals surface area contributed by atoms with Crippen LogP contribution in [0.4, 0.5) is 22.0 Å². The van der Waals surface area contributed by atoms with E-state index in [0.717, 1.165) is 28.3 Å². The molecular weight excluding hydrogens is 427 g/mol. The lowest BCUT2D eigenvalue weighted by Crippen LogP contribution is -2.08. The highest BCUT2D eigenvalue weighted by Gasteiger charge is 2.24. The number of hydrogen-bond acceptors (Lipinski definition) is 2. The molecule has 0 saturated heterocycles. The molecule has 0 aliphatic carbocycles. The molecule has 32 heavy (non-hydrogen) atoms. The first-order valence-corrected chi connectivity index (χ1v) is 9.35. The molecule has 0 N–H and O–H groups in total. The first-order chi connectivity index (χ1) is 15.1. The molecule has 4 aromatic carbocycles. The number of carbonyl (C=O) groups excluding carboxylic acids is 1. The van der Waals surface area contributed by atoms with Gasteiger partial charge >= 0.3 is 12.1 Å². The second-order valence-electron chi connectivity index (χ2n) is 7.13. The summed E-state index contributed by atoms with van der Waals surface area (Å²) in [6.07, 6.45) is -4.88. The number of esters is 1. The van der Waals surface area contributed by atoms with Gasteiger partial charge in [-0.3, -0.25) is 0 Å². The molecule has 2 nitrogen and oxygen atoms in total. The van der Waals surface area contributed by atoms with E-state index in [0.29, 0.717) is 0 Å². The van der Waals surface area contributed by atoms with Gasteiger partial charge in [-0.1, -0.05) is 35.7 Å². The number of halogens is 5. The summed E-state index contributed by atoms with van der Waals surface area (Å²) < 4.78 is 70.8. The minimum Gasteiger partial charge on any atom is -0.423 e. The first-order valence-electron chi connectivity index (χ1n) is 9.35. The fraction of sp³-hybridized carbons (Fsp3) is 0.0800. The van der Waals surface area contributed by atoms with E-state index < -0.39 is 29.3 Å². The summed E-state index contributed by atoms with van der Waals surface area (Å²) in [5, 5.41) is 1.67. The van der Waals surface area contributed by atoms with E-state index in [1.165, 1.54) is 24.1 Å². The van der Waals surface area contributed by atoms with Gasteiger partial charge in [0.15, 0.2) is 0 Å². The van der Waals surface area contributed by atoms with Crippen molar-refractivity contribution in [3.8, 4) is 17.6 Å². The summed E-state index contributed by atoms with van der Waals surface area (Å²) in [4.78, 5) is 12.5. The van der Waals surface area contributed by atoms with Crippen molar-refractivity contribution in [3.05, 3.63) is 89.0 Å². The van der Waals surface area contributed by atoms with Crippen molar-refractivity contribution in [1.82, 2.24) is 0 Å². The van der Waals surface area contributed by atoms with Gasteiger partial charge in [-0.05, 0) is 59.5 Å². The molecule has 4 aromatic rings. The van der Waals surface area contributed by atoms with E-state index >= 15 is 0 Å². The zero-order valence-electron chi connectivity index (χ0n) is 16.5. The van der Waals surface area contributed by atoms with Crippen LogP contribution in [0.1, 0.15) is 21.5 Å². The van der Waals surface area contributed by atoms with Crippen molar-refractivity contribution in [2.45, 2.75) is 13.1 Å². The van der Waals surface area contributed by atoms with E-state index in [1.807, 2.05) is 25.1 Å². The number of aryl methyl sites for hydroxylation is 1. The minimum absolute atomic E-state index is 0.0110. The van der Waals surface area contributed by atoms with Gasteiger partial charge in [-0.2, -0.15) is 13.2 Å². The highest BCUT2D eigenvalue weighted by Crippen LogP contribution is 2.28. The topological polar surface area (TPSA) is 26.3 Å². The SMILES string of the molecule is Cc1ccc2cc(C(=O)Oc3ccc4c(F)c(C#CC(F)(F)F)c(F)cc4c3)ccc2c1. The van der Waals surface area contributed by atoms with Gasteiger partial charge < -0.3 is 4.74 Å². The van der Waals surface area contributed by atoms with Crippen LogP contribution in [0.2, 0.25) is 0 Å².